The van der Waals surface area contributed by atoms with Gasteiger partial charge in [0.25, 0.3) is 11.5 Å². The van der Waals surface area contributed by atoms with Crippen LogP contribution in [0.3, 0.4) is 0 Å². The number of carbonyl (C=O) groups is 1. The van der Waals surface area contributed by atoms with Gasteiger partial charge in [-0.25, -0.2) is 4.68 Å². The maximum Gasteiger partial charge on any atom is 0.271 e. The first-order chi connectivity index (χ1) is 13.5. The summed E-state index contributed by atoms with van der Waals surface area (Å²) in [5, 5.41) is 7.03. The fraction of sp³-hybridized carbons (Fsp3) is 0.500. The monoisotopic (exact) mass is 382 g/mol. The Morgan fingerprint density at radius 3 is 2.64 bits per heavy atom. The van der Waals surface area contributed by atoms with Gasteiger partial charge in [-0.3, -0.25) is 14.5 Å². The molecule has 2 heterocycles. The van der Waals surface area contributed by atoms with Gasteiger partial charge in [0.2, 0.25) is 0 Å². The molecule has 0 radical (unpaired) electrons. The van der Waals surface area contributed by atoms with Gasteiger partial charge >= 0.3 is 0 Å². The van der Waals surface area contributed by atoms with Crippen LogP contribution < -0.4 is 10.9 Å². The highest BCUT2D eigenvalue weighted by molar-refractivity contribution is 5.91. The van der Waals surface area contributed by atoms with E-state index in [2.05, 4.69) is 46.5 Å². The summed E-state index contributed by atoms with van der Waals surface area (Å²) in [5.74, 6) is 0.514. The van der Waals surface area contributed by atoms with Gasteiger partial charge in [-0.1, -0.05) is 38.1 Å². The molecule has 150 valence electrons. The van der Waals surface area contributed by atoms with Gasteiger partial charge in [-0.2, -0.15) is 5.10 Å². The van der Waals surface area contributed by atoms with Crippen molar-refractivity contribution < 1.29 is 4.79 Å². The van der Waals surface area contributed by atoms with E-state index >= 15 is 0 Å². The molecule has 1 amide bonds. The maximum absolute atomic E-state index is 12.4. The van der Waals surface area contributed by atoms with Crippen LogP contribution >= 0.6 is 0 Å². The first-order valence-electron chi connectivity index (χ1n) is 10.2. The predicted octanol–water partition coefficient (Wildman–Crippen LogP) is 2.82. The molecule has 0 saturated carbocycles. The molecule has 1 fully saturated rings. The van der Waals surface area contributed by atoms with Gasteiger partial charge in [0.05, 0.1) is 0 Å². The lowest BCUT2D eigenvalue weighted by atomic mass is 9.99. The first kappa shape index (κ1) is 20.3. The Bertz CT molecular complexity index is 844. The molecule has 0 spiro atoms. The van der Waals surface area contributed by atoms with Gasteiger partial charge in [0, 0.05) is 32.2 Å². The average molecular weight is 383 g/mol. The maximum atomic E-state index is 12.4. The minimum atomic E-state index is -0.267. The zero-order chi connectivity index (χ0) is 19.9. The number of aromatic nitrogens is 2. The van der Waals surface area contributed by atoms with E-state index in [-0.39, 0.29) is 17.2 Å². The van der Waals surface area contributed by atoms with Crippen LogP contribution in [0.15, 0.2) is 41.2 Å². The second-order valence-electron chi connectivity index (χ2n) is 7.76. The van der Waals surface area contributed by atoms with Crippen molar-refractivity contribution in [3.05, 3.63) is 63.6 Å². The van der Waals surface area contributed by atoms with E-state index in [0.29, 0.717) is 13.1 Å². The summed E-state index contributed by atoms with van der Waals surface area (Å²) in [4.78, 5) is 26.6. The Morgan fingerprint density at radius 2 is 1.93 bits per heavy atom. The van der Waals surface area contributed by atoms with Crippen LogP contribution in [0.2, 0.25) is 0 Å². The topological polar surface area (TPSA) is 67.2 Å². The highest BCUT2D eigenvalue weighted by atomic mass is 16.2. The molecule has 6 nitrogen and oxygen atoms in total. The van der Waals surface area contributed by atoms with Crippen molar-refractivity contribution in [2.75, 3.05) is 13.1 Å². The van der Waals surface area contributed by atoms with E-state index in [0.717, 1.165) is 24.4 Å². The summed E-state index contributed by atoms with van der Waals surface area (Å²) in [6, 6.07) is 11.3. The molecule has 1 saturated heterocycles. The van der Waals surface area contributed by atoms with Crippen LogP contribution in [0.5, 0.6) is 0 Å². The number of nitrogens with zero attached hydrogens (tertiary/aromatic N) is 3. The van der Waals surface area contributed by atoms with Crippen LogP contribution in [0.25, 0.3) is 0 Å². The lowest BCUT2D eigenvalue weighted by Crippen LogP contribution is -2.33. The van der Waals surface area contributed by atoms with Crippen LogP contribution in [-0.2, 0) is 19.6 Å². The van der Waals surface area contributed by atoms with Crippen LogP contribution in [0.1, 0.15) is 54.7 Å². The molecule has 1 N–H and O–H groups in total. The third-order valence-electron chi connectivity index (χ3n) is 5.16. The van der Waals surface area contributed by atoms with E-state index < -0.39 is 0 Å². The molecule has 1 aliphatic rings. The molecule has 0 aliphatic carbocycles. The Morgan fingerprint density at radius 1 is 1.18 bits per heavy atom. The van der Waals surface area contributed by atoms with Crippen LogP contribution in [0.4, 0.5) is 0 Å². The molecular weight excluding hydrogens is 352 g/mol. The van der Waals surface area contributed by atoms with Crippen molar-refractivity contribution in [2.45, 2.75) is 52.7 Å². The number of carbonyl (C=O) groups excluding carboxylic acids is 1. The van der Waals surface area contributed by atoms with Gasteiger partial charge < -0.3 is 5.32 Å². The van der Waals surface area contributed by atoms with E-state index in [1.54, 1.807) is 0 Å². The van der Waals surface area contributed by atoms with Crippen molar-refractivity contribution in [2.24, 2.45) is 5.92 Å². The number of rotatable bonds is 7. The highest BCUT2D eigenvalue weighted by Gasteiger charge is 2.16. The second kappa shape index (κ2) is 9.64. The molecule has 0 bridgehead atoms. The Balaban J connectivity index is 1.54. The van der Waals surface area contributed by atoms with Crippen molar-refractivity contribution in [1.82, 2.24) is 20.0 Å². The fourth-order valence-electron chi connectivity index (χ4n) is 3.67. The van der Waals surface area contributed by atoms with Gasteiger partial charge in [-0.05, 0) is 48.9 Å². The third-order valence-corrected chi connectivity index (χ3v) is 5.16. The zero-order valence-electron chi connectivity index (χ0n) is 16.9. The molecule has 6 heteroatoms. The summed E-state index contributed by atoms with van der Waals surface area (Å²) in [6.45, 7) is 8.57. The van der Waals surface area contributed by atoms with E-state index in [9.17, 15) is 9.59 Å². The molecule has 1 atom stereocenters. The largest absolute Gasteiger partial charge is 0.347 e. The summed E-state index contributed by atoms with van der Waals surface area (Å²) in [6.07, 6.45) is 3.41. The number of hydrogen-bond acceptors (Lipinski definition) is 4. The predicted molar refractivity (Wildman–Crippen MR) is 110 cm³/mol. The minimum absolute atomic E-state index is 0.183. The Labute approximate surface area is 166 Å². The quantitative estimate of drug-likeness (QED) is 0.800. The third kappa shape index (κ3) is 5.52. The standard InChI is InChI=1S/C22H30N4O2/c1-3-12-26-21(27)11-10-20(24-26)22(28)23-14-18-6-8-19(9-7-18)16-25-13-4-5-17(2)15-25/h6-11,17H,3-5,12-16H2,1-2H3,(H,23,28). The smallest absolute Gasteiger partial charge is 0.271 e. The zero-order valence-corrected chi connectivity index (χ0v) is 16.9. The number of benzene rings is 1. The molecule has 1 aromatic carbocycles. The Hall–Kier alpha value is -2.47. The number of hydrogen-bond donors (Lipinski definition) is 1. The van der Waals surface area contributed by atoms with E-state index in [1.165, 1.54) is 48.3 Å². The van der Waals surface area contributed by atoms with Crippen molar-refractivity contribution in [3.63, 3.8) is 0 Å². The fourth-order valence-corrected chi connectivity index (χ4v) is 3.67. The second-order valence-corrected chi connectivity index (χ2v) is 7.76. The summed E-state index contributed by atoms with van der Waals surface area (Å²) in [7, 11) is 0. The van der Waals surface area contributed by atoms with E-state index in [4.69, 9.17) is 0 Å². The number of likely N-dealkylation sites (tertiary alicyclic amines) is 1. The number of nitrogens with one attached hydrogen (secondary N) is 1. The summed E-state index contributed by atoms with van der Waals surface area (Å²) < 4.78 is 1.34. The Kier molecular flexibility index (Phi) is 6.98. The summed E-state index contributed by atoms with van der Waals surface area (Å²) in [5.41, 5.74) is 2.43. The van der Waals surface area contributed by atoms with Gasteiger partial charge in [-0.15, -0.1) is 0 Å². The first-order valence-corrected chi connectivity index (χ1v) is 10.2. The molecule has 1 unspecified atom stereocenters. The lowest BCUT2D eigenvalue weighted by molar-refractivity contribution is 0.0943. The van der Waals surface area contributed by atoms with E-state index in [1.807, 2.05) is 6.92 Å². The summed E-state index contributed by atoms with van der Waals surface area (Å²) >= 11 is 0. The van der Waals surface area contributed by atoms with Gasteiger partial charge in [0.1, 0.15) is 5.69 Å². The number of amides is 1. The molecule has 1 aliphatic heterocycles. The molecule has 3 rings (SSSR count). The minimum Gasteiger partial charge on any atom is -0.347 e. The highest BCUT2D eigenvalue weighted by Crippen LogP contribution is 2.18. The molecule has 2 aromatic rings. The van der Waals surface area contributed by atoms with Crippen LogP contribution in [-0.4, -0.2) is 33.7 Å². The van der Waals surface area contributed by atoms with Crippen molar-refractivity contribution >= 4 is 5.91 Å². The van der Waals surface area contributed by atoms with Crippen molar-refractivity contribution in [1.29, 1.82) is 0 Å². The number of aryl methyl sites for hydroxylation is 1. The van der Waals surface area contributed by atoms with Gasteiger partial charge in [0.15, 0.2) is 0 Å². The van der Waals surface area contributed by atoms with Crippen molar-refractivity contribution in [3.8, 4) is 0 Å². The molecule has 28 heavy (non-hydrogen) atoms. The van der Waals surface area contributed by atoms with Crippen LogP contribution in [0, 0.1) is 5.92 Å². The normalized spacial score (nSPS) is 17.4. The average Bonchev–Trinajstić information content (AvgIpc) is 2.69. The number of piperidine rings is 1. The molecule has 1 aromatic heterocycles. The SMILES string of the molecule is CCCn1nc(C(=O)NCc2ccc(CN3CCCC(C)C3)cc2)ccc1=O. The molecular formula is C22H30N4O2. The lowest BCUT2D eigenvalue weighted by Gasteiger charge is -2.30.